The second-order valence-electron chi connectivity index (χ2n) is 3.99. The number of hydrogen-bond acceptors (Lipinski definition) is 3. The molecule has 1 amide bonds. The van der Waals surface area contributed by atoms with Gasteiger partial charge < -0.3 is 15.4 Å². The number of carbonyl (C=O) groups is 1. The second kappa shape index (κ2) is 5.98. The van der Waals surface area contributed by atoms with Crippen molar-refractivity contribution in [3.63, 3.8) is 0 Å². The summed E-state index contributed by atoms with van der Waals surface area (Å²) < 4.78 is 4.94. The van der Waals surface area contributed by atoms with Crippen LogP contribution in [0.5, 0.6) is 0 Å². The number of rotatable bonds is 6. The van der Waals surface area contributed by atoms with E-state index in [1.54, 1.807) is 7.11 Å². The van der Waals surface area contributed by atoms with Gasteiger partial charge >= 0.3 is 0 Å². The molecule has 0 aliphatic carbocycles. The van der Waals surface area contributed by atoms with Crippen molar-refractivity contribution >= 4 is 5.91 Å². The number of likely N-dealkylation sites (N-methyl/N-ethyl adjacent to an activating group) is 1. The van der Waals surface area contributed by atoms with Crippen molar-refractivity contribution in [2.45, 2.75) is 39.3 Å². The van der Waals surface area contributed by atoms with Gasteiger partial charge in [0.25, 0.3) is 0 Å². The standard InChI is InChI=1S/C10H22N2O2/c1-6-11-10(3,4)9(13)12-8(2)7-14-5/h8,11H,6-7H2,1-5H3,(H,12,13). The van der Waals surface area contributed by atoms with E-state index < -0.39 is 5.54 Å². The molecule has 0 aromatic carbocycles. The van der Waals surface area contributed by atoms with Gasteiger partial charge in [0.15, 0.2) is 0 Å². The predicted octanol–water partition coefficient (Wildman–Crippen LogP) is 0.526. The first-order chi connectivity index (χ1) is 6.44. The van der Waals surface area contributed by atoms with Crippen molar-refractivity contribution in [3.05, 3.63) is 0 Å². The summed E-state index contributed by atoms with van der Waals surface area (Å²) in [4.78, 5) is 11.7. The van der Waals surface area contributed by atoms with Crippen LogP contribution in [0.2, 0.25) is 0 Å². The molecule has 0 aliphatic rings. The first-order valence-corrected chi connectivity index (χ1v) is 4.99. The molecule has 0 bridgehead atoms. The molecule has 1 atom stereocenters. The molecule has 0 fully saturated rings. The first kappa shape index (κ1) is 13.4. The Labute approximate surface area is 86.4 Å². The van der Waals surface area contributed by atoms with E-state index in [0.29, 0.717) is 6.61 Å². The maximum absolute atomic E-state index is 11.7. The van der Waals surface area contributed by atoms with E-state index in [2.05, 4.69) is 10.6 Å². The van der Waals surface area contributed by atoms with Crippen LogP contribution in [-0.4, -0.2) is 37.7 Å². The minimum absolute atomic E-state index is 0.00361. The van der Waals surface area contributed by atoms with Gasteiger partial charge in [-0.2, -0.15) is 0 Å². The summed E-state index contributed by atoms with van der Waals surface area (Å²) in [5.41, 5.74) is -0.517. The Kier molecular flexibility index (Phi) is 5.72. The van der Waals surface area contributed by atoms with Crippen LogP contribution in [0.1, 0.15) is 27.7 Å². The minimum atomic E-state index is -0.517. The summed E-state index contributed by atoms with van der Waals surface area (Å²) >= 11 is 0. The van der Waals surface area contributed by atoms with Crippen LogP contribution in [0.15, 0.2) is 0 Å². The average Bonchev–Trinajstić information content (AvgIpc) is 2.04. The van der Waals surface area contributed by atoms with Gasteiger partial charge in [-0.1, -0.05) is 6.92 Å². The van der Waals surface area contributed by atoms with Gasteiger partial charge in [-0.3, -0.25) is 4.79 Å². The zero-order valence-electron chi connectivity index (χ0n) is 9.81. The van der Waals surface area contributed by atoms with E-state index in [1.165, 1.54) is 0 Å². The molecule has 0 aliphatic heterocycles. The maximum atomic E-state index is 11.7. The third kappa shape index (κ3) is 4.58. The zero-order valence-corrected chi connectivity index (χ0v) is 9.81. The minimum Gasteiger partial charge on any atom is -0.383 e. The third-order valence-corrected chi connectivity index (χ3v) is 1.98. The molecular weight excluding hydrogens is 180 g/mol. The van der Waals surface area contributed by atoms with Crippen molar-refractivity contribution in [3.8, 4) is 0 Å². The van der Waals surface area contributed by atoms with E-state index in [9.17, 15) is 4.79 Å². The smallest absolute Gasteiger partial charge is 0.240 e. The Hall–Kier alpha value is -0.610. The summed E-state index contributed by atoms with van der Waals surface area (Å²) in [6, 6.07) is 0.0467. The van der Waals surface area contributed by atoms with Crippen LogP contribution in [-0.2, 0) is 9.53 Å². The Morgan fingerprint density at radius 3 is 2.50 bits per heavy atom. The highest BCUT2D eigenvalue weighted by molar-refractivity contribution is 5.85. The van der Waals surface area contributed by atoms with E-state index in [1.807, 2.05) is 27.7 Å². The van der Waals surface area contributed by atoms with Gasteiger partial charge in [-0.05, 0) is 27.3 Å². The third-order valence-electron chi connectivity index (χ3n) is 1.98. The quantitative estimate of drug-likeness (QED) is 0.660. The number of carbonyl (C=O) groups excluding carboxylic acids is 1. The normalized spacial score (nSPS) is 13.8. The number of amides is 1. The fourth-order valence-corrected chi connectivity index (χ4v) is 1.22. The van der Waals surface area contributed by atoms with Crippen LogP contribution in [0.4, 0.5) is 0 Å². The van der Waals surface area contributed by atoms with Gasteiger partial charge in [0.05, 0.1) is 12.1 Å². The molecule has 0 spiro atoms. The SMILES string of the molecule is CCNC(C)(C)C(=O)NC(C)COC. The lowest BCUT2D eigenvalue weighted by atomic mass is 10.0. The van der Waals surface area contributed by atoms with E-state index in [0.717, 1.165) is 6.54 Å². The van der Waals surface area contributed by atoms with Crippen molar-refractivity contribution in [2.24, 2.45) is 0 Å². The van der Waals surface area contributed by atoms with Crippen molar-refractivity contribution in [1.82, 2.24) is 10.6 Å². The Balaban J connectivity index is 4.05. The molecule has 2 N–H and O–H groups in total. The monoisotopic (exact) mass is 202 g/mol. The molecular formula is C10H22N2O2. The van der Waals surface area contributed by atoms with Crippen molar-refractivity contribution in [2.75, 3.05) is 20.3 Å². The molecule has 0 aromatic heterocycles. The number of hydrogen-bond donors (Lipinski definition) is 2. The largest absolute Gasteiger partial charge is 0.383 e. The second-order valence-corrected chi connectivity index (χ2v) is 3.99. The maximum Gasteiger partial charge on any atom is 0.240 e. The van der Waals surface area contributed by atoms with Crippen molar-refractivity contribution in [1.29, 1.82) is 0 Å². The number of methoxy groups -OCH3 is 1. The first-order valence-electron chi connectivity index (χ1n) is 4.99. The van der Waals surface area contributed by atoms with Crippen LogP contribution >= 0.6 is 0 Å². The highest BCUT2D eigenvalue weighted by Crippen LogP contribution is 2.02. The fraction of sp³-hybridized carbons (Fsp3) is 0.900. The number of ether oxygens (including phenoxy) is 1. The molecule has 4 heteroatoms. The lowest BCUT2D eigenvalue weighted by molar-refractivity contribution is -0.127. The van der Waals surface area contributed by atoms with Crippen LogP contribution in [0.3, 0.4) is 0 Å². The Bertz CT molecular complexity index is 181. The zero-order chi connectivity index (χ0) is 11.2. The van der Waals surface area contributed by atoms with Gasteiger partial charge in [-0.15, -0.1) is 0 Å². The number of nitrogens with one attached hydrogen (secondary N) is 2. The summed E-state index contributed by atoms with van der Waals surface area (Å²) in [6.45, 7) is 8.95. The summed E-state index contributed by atoms with van der Waals surface area (Å²) in [5.74, 6) is 0.00361. The summed E-state index contributed by atoms with van der Waals surface area (Å²) in [5, 5.41) is 6.00. The van der Waals surface area contributed by atoms with E-state index in [4.69, 9.17) is 4.74 Å². The van der Waals surface area contributed by atoms with Crippen LogP contribution in [0.25, 0.3) is 0 Å². The van der Waals surface area contributed by atoms with E-state index >= 15 is 0 Å². The van der Waals surface area contributed by atoms with Crippen molar-refractivity contribution < 1.29 is 9.53 Å². The van der Waals surface area contributed by atoms with Gasteiger partial charge in [-0.25, -0.2) is 0 Å². The lowest BCUT2D eigenvalue weighted by Crippen LogP contribution is -2.55. The molecule has 0 radical (unpaired) electrons. The average molecular weight is 202 g/mol. The van der Waals surface area contributed by atoms with E-state index in [-0.39, 0.29) is 11.9 Å². The molecule has 0 rings (SSSR count). The molecule has 4 nitrogen and oxygen atoms in total. The molecule has 84 valence electrons. The Morgan fingerprint density at radius 2 is 2.07 bits per heavy atom. The highest BCUT2D eigenvalue weighted by atomic mass is 16.5. The van der Waals surface area contributed by atoms with Gasteiger partial charge in [0, 0.05) is 13.2 Å². The summed E-state index contributed by atoms with van der Waals surface area (Å²) in [7, 11) is 1.62. The Morgan fingerprint density at radius 1 is 1.50 bits per heavy atom. The molecule has 1 unspecified atom stereocenters. The van der Waals surface area contributed by atoms with Gasteiger partial charge in [0.2, 0.25) is 5.91 Å². The summed E-state index contributed by atoms with van der Waals surface area (Å²) in [6.07, 6.45) is 0. The molecule has 0 saturated carbocycles. The molecule has 0 heterocycles. The predicted molar refractivity (Wildman–Crippen MR) is 57.2 cm³/mol. The topological polar surface area (TPSA) is 50.4 Å². The molecule has 0 saturated heterocycles. The fourth-order valence-electron chi connectivity index (χ4n) is 1.22. The van der Waals surface area contributed by atoms with Crippen LogP contribution < -0.4 is 10.6 Å². The van der Waals surface area contributed by atoms with Gasteiger partial charge in [0.1, 0.15) is 0 Å². The highest BCUT2D eigenvalue weighted by Gasteiger charge is 2.26. The molecule has 0 aromatic rings. The van der Waals surface area contributed by atoms with Crippen LogP contribution in [0, 0.1) is 0 Å². The lowest BCUT2D eigenvalue weighted by Gasteiger charge is -2.26. The molecule has 14 heavy (non-hydrogen) atoms.